The van der Waals surface area contributed by atoms with Crippen LogP contribution in [0.25, 0.3) is 0 Å². The minimum Gasteiger partial charge on any atom is -0.314 e. The lowest BCUT2D eigenvalue weighted by Crippen LogP contribution is -2.45. The molecule has 0 amide bonds. The molecule has 0 radical (unpaired) electrons. The van der Waals surface area contributed by atoms with Crippen LogP contribution in [0.15, 0.2) is 35.7 Å². The summed E-state index contributed by atoms with van der Waals surface area (Å²) >= 11 is 1.61. The number of piperazine rings is 1. The molecule has 1 aromatic carbocycles. The van der Waals surface area contributed by atoms with E-state index in [4.69, 9.17) is 0 Å². The van der Waals surface area contributed by atoms with Crippen molar-refractivity contribution in [2.75, 3.05) is 26.2 Å². The Kier molecular flexibility index (Phi) is 7.72. The molecule has 2 heterocycles. The molecule has 2 aromatic rings. The molecule has 1 fully saturated rings. The molecule has 1 N–H and O–H groups in total. The summed E-state index contributed by atoms with van der Waals surface area (Å²) in [6.07, 6.45) is 0. The van der Waals surface area contributed by atoms with Crippen LogP contribution >= 0.6 is 36.2 Å². The van der Waals surface area contributed by atoms with Crippen LogP contribution in [0.3, 0.4) is 0 Å². The monoisotopic (exact) mass is 366 g/mol. The molecular weight excluding hydrogens is 349 g/mol. The van der Waals surface area contributed by atoms with Gasteiger partial charge in [-0.2, -0.15) is 0 Å². The van der Waals surface area contributed by atoms with E-state index in [0.717, 1.165) is 37.1 Å². The van der Waals surface area contributed by atoms with E-state index in [9.17, 15) is 8.78 Å². The van der Waals surface area contributed by atoms with E-state index in [2.05, 4.69) is 10.2 Å². The molecule has 0 spiro atoms. The van der Waals surface area contributed by atoms with Crippen molar-refractivity contribution in [3.8, 4) is 0 Å². The minimum atomic E-state index is -0.531. The topological polar surface area (TPSA) is 15.3 Å². The van der Waals surface area contributed by atoms with E-state index in [0.29, 0.717) is 5.56 Å². The molecule has 122 valence electrons. The van der Waals surface area contributed by atoms with Gasteiger partial charge < -0.3 is 5.32 Å². The molecule has 0 unspecified atom stereocenters. The van der Waals surface area contributed by atoms with Gasteiger partial charge in [0.2, 0.25) is 0 Å². The van der Waals surface area contributed by atoms with Crippen LogP contribution < -0.4 is 5.32 Å². The molecular formula is C15H18Cl2F2N2S. The SMILES string of the molecule is Cl.Cl.Fc1ccc([C@H](c2cccs2)N2CCNCC2)c(F)c1. The second-order valence-electron chi connectivity index (χ2n) is 4.87. The van der Waals surface area contributed by atoms with E-state index in [1.807, 2.05) is 17.5 Å². The highest BCUT2D eigenvalue weighted by atomic mass is 35.5. The Bertz CT molecular complexity index is 575. The van der Waals surface area contributed by atoms with Crippen molar-refractivity contribution < 1.29 is 8.78 Å². The summed E-state index contributed by atoms with van der Waals surface area (Å²) in [7, 11) is 0. The maximum absolute atomic E-state index is 14.2. The third-order valence-corrected chi connectivity index (χ3v) is 4.51. The number of rotatable bonds is 3. The summed E-state index contributed by atoms with van der Waals surface area (Å²) in [5, 5.41) is 5.29. The number of thiophene rings is 1. The van der Waals surface area contributed by atoms with Crippen molar-refractivity contribution in [3.63, 3.8) is 0 Å². The maximum Gasteiger partial charge on any atom is 0.131 e. The Morgan fingerprint density at radius 3 is 2.41 bits per heavy atom. The summed E-state index contributed by atoms with van der Waals surface area (Å²) in [6.45, 7) is 3.51. The van der Waals surface area contributed by atoms with Gasteiger partial charge in [-0.3, -0.25) is 4.90 Å². The van der Waals surface area contributed by atoms with Crippen molar-refractivity contribution in [1.29, 1.82) is 0 Å². The minimum absolute atomic E-state index is 0. The van der Waals surface area contributed by atoms with E-state index < -0.39 is 11.6 Å². The Labute approximate surface area is 145 Å². The van der Waals surface area contributed by atoms with Gasteiger partial charge in [0, 0.05) is 42.7 Å². The van der Waals surface area contributed by atoms with Crippen LogP contribution in [0.4, 0.5) is 8.78 Å². The van der Waals surface area contributed by atoms with Crippen LogP contribution in [-0.2, 0) is 0 Å². The number of benzene rings is 1. The van der Waals surface area contributed by atoms with Gasteiger partial charge in [-0.05, 0) is 17.5 Å². The van der Waals surface area contributed by atoms with Crippen LogP contribution in [0, 0.1) is 11.6 Å². The molecule has 1 aromatic heterocycles. The number of hydrogen-bond donors (Lipinski definition) is 1. The van der Waals surface area contributed by atoms with Gasteiger partial charge in [-0.1, -0.05) is 12.1 Å². The van der Waals surface area contributed by atoms with Crippen LogP contribution in [0.1, 0.15) is 16.5 Å². The first kappa shape index (κ1) is 19.3. The van der Waals surface area contributed by atoms with Crippen molar-refractivity contribution >= 4 is 36.2 Å². The molecule has 1 atom stereocenters. The molecule has 7 heteroatoms. The quantitative estimate of drug-likeness (QED) is 0.886. The summed E-state index contributed by atoms with van der Waals surface area (Å²) in [5.41, 5.74) is 0.552. The second-order valence-corrected chi connectivity index (χ2v) is 5.85. The first-order chi connectivity index (χ1) is 9.75. The number of hydrogen-bond acceptors (Lipinski definition) is 3. The number of halogens is 4. The lowest BCUT2D eigenvalue weighted by atomic mass is 10.0. The van der Waals surface area contributed by atoms with Gasteiger partial charge in [0.15, 0.2) is 0 Å². The zero-order chi connectivity index (χ0) is 13.9. The Balaban J connectivity index is 0.00000121. The fourth-order valence-corrected chi connectivity index (χ4v) is 3.52. The highest BCUT2D eigenvalue weighted by molar-refractivity contribution is 7.10. The molecule has 3 rings (SSSR count). The van der Waals surface area contributed by atoms with Crippen LogP contribution in [0.5, 0.6) is 0 Å². The molecule has 0 bridgehead atoms. The Hall–Kier alpha value is -0.720. The van der Waals surface area contributed by atoms with Gasteiger partial charge >= 0.3 is 0 Å². The van der Waals surface area contributed by atoms with Gasteiger partial charge in [0.1, 0.15) is 11.6 Å². The summed E-state index contributed by atoms with van der Waals surface area (Å²) in [4.78, 5) is 3.34. The van der Waals surface area contributed by atoms with Gasteiger partial charge in [0.05, 0.1) is 6.04 Å². The number of nitrogens with one attached hydrogen (secondary N) is 1. The average Bonchev–Trinajstić information content (AvgIpc) is 2.97. The number of nitrogens with zero attached hydrogens (tertiary/aromatic N) is 1. The van der Waals surface area contributed by atoms with Crippen molar-refractivity contribution in [2.45, 2.75) is 6.04 Å². The Morgan fingerprint density at radius 2 is 1.82 bits per heavy atom. The molecule has 1 aliphatic heterocycles. The zero-order valence-electron chi connectivity index (χ0n) is 11.8. The first-order valence-corrected chi connectivity index (χ1v) is 7.57. The predicted octanol–water partition coefficient (Wildman–Crippen LogP) is 3.86. The highest BCUT2D eigenvalue weighted by Crippen LogP contribution is 2.33. The van der Waals surface area contributed by atoms with Gasteiger partial charge in [-0.15, -0.1) is 36.2 Å². The van der Waals surface area contributed by atoms with E-state index in [1.165, 1.54) is 6.07 Å². The van der Waals surface area contributed by atoms with Crippen LogP contribution in [0.2, 0.25) is 0 Å². The summed E-state index contributed by atoms with van der Waals surface area (Å²) in [5.74, 6) is -1.00. The van der Waals surface area contributed by atoms with Gasteiger partial charge in [0.25, 0.3) is 0 Å². The van der Waals surface area contributed by atoms with Crippen molar-refractivity contribution in [3.05, 3.63) is 57.8 Å². The maximum atomic E-state index is 14.2. The van der Waals surface area contributed by atoms with Gasteiger partial charge in [-0.25, -0.2) is 8.78 Å². The standard InChI is InChI=1S/C15H16F2N2S.2ClH/c16-11-3-4-12(13(17)10-11)15(14-2-1-9-20-14)19-7-5-18-6-8-19;;/h1-4,9-10,15,18H,5-8H2;2*1H/t15-;;/m1../s1. The smallest absolute Gasteiger partial charge is 0.131 e. The fraction of sp³-hybridized carbons (Fsp3) is 0.333. The fourth-order valence-electron chi connectivity index (χ4n) is 2.64. The highest BCUT2D eigenvalue weighted by Gasteiger charge is 2.27. The van der Waals surface area contributed by atoms with E-state index in [-0.39, 0.29) is 30.9 Å². The van der Waals surface area contributed by atoms with Crippen LogP contribution in [-0.4, -0.2) is 31.1 Å². The third kappa shape index (κ3) is 4.18. The predicted molar refractivity (Wildman–Crippen MR) is 91.5 cm³/mol. The normalized spacial score (nSPS) is 16.5. The lowest BCUT2D eigenvalue weighted by Gasteiger charge is -2.34. The van der Waals surface area contributed by atoms with E-state index >= 15 is 0 Å². The van der Waals surface area contributed by atoms with Crippen molar-refractivity contribution in [1.82, 2.24) is 10.2 Å². The molecule has 22 heavy (non-hydrogen) atoms. The molecule has 1 aliphatic rings. The zero-order valence-corrected chi connectivity index (χ0v) is 14.2. The van der Waals surface area contributed by atoms with Crippen molar-refractivity contribution in [2.24, 2.45) is 0 Å². The molecule has 0 saturated carbocycles. The summed E-state index contributed by atoms with van der Waals surface area (Å²) in [6, 6.07) is 7.73. The average molecular weight is 367 g/mol. The lowest BCUT2D eigenvalue weighted by molar-refractivity contribution is 0.197. The second kappa shape index (κ2) is 8.79. The molecule has 0 aliphatic carbocycles. The first-order valence-electron chi connectivity index (χ1n) is 6.69. The summed E-state index contributed by atoms with van der Waals surface area (Å²) < 4.78 is 27.3. The Morgan fingerprint density at radius 1 is 1.09 bits per heavy atom. The molecule has 1 saturated heterocycles. The van der Waals surface area contributed by atoms with E-state index in [1.54, 1.807) is 17.4 Å². The molecule has 2 nitrogen and oxygen atoms in total. The third-order valence-electron chi connectivity index (χ3n) is 3.59. The largest absolute Gasteiger partial charge is 0.314 e.